The Bertz CT molecular complexity index is 616. The van der Waals surface area contributed by atoms with Gasteiger partial charge in [-0.15, -0.1) is 23.5 Å². The minimum absolute atomic E-state index is 0.0190. The molecule has 144 valence electrons. The van der Waals surface area contributed by atoms with Gasteiger partial charge >= 0.3 is 0 Å². The van der Waals surface area contributed by atoms with Crippen molar-refractivity contribution in [2.75, 3.05) is 29.5 Å². The van der Waals surface area contributed by atoms with Crippen molar-refractivity contribution in [3.63, 3.8) is 0 Å². The summed E-state index contributed by atoms with van der Waals surface area (Å²) in [4.78, 5) is 24.4. The maximum Gasteiger partial charge on any atom is 0.300 e. The van der Waals surface area contributed by atoms with Crippen molar-refractivity contribution in [3.8, 4) is 0 Å². The first kappa shape index (κ1) is 20.8. The van der Waals surface area contributed by atoms with Crippen molar-refractivity contribution < 1.29 is 9.85 Å². The Morgan fingerprint density at radius 2 is 1.62 bits per heavy atom. The number of unbranched alkanes of at least 4 members (excludes halogenated alkanes) is 1. The molecule has 26 heavy (non-hydrogen) atoms. The highest BCUT2D eigenvalue weighted by atomic mass is 32.2. The summed E-state index contributed by atoms with van der Waals surface area (Å²) >= 11 is 3.40. The van der Waals surface area contributed by atoms with Gasteiger partial charge in [-0.3, -0.25) is 20.2 Å². The van der Waals surface area contributed by atoms with Gasteiger partial charge < -0.3 is 4.90 Å². The van der Waals surface area contributed by atoms with Crippen LogP contribution in [0.4, 0.5) is 17.1 Å². The van der Waals surface area contributed by atoms with Crippen LogP contribution in [0.15, 0.2) is 12.1 Å². The van der Waals surface area contributed by atoms with E-state index in [1.807, 2.05) is 18.7 Å². The lowest BCUT2D eigenvalue weighted by molar-refractivity contribution is -0.392. The molecule has 0 N–H and O–H groups in total. The highest BCUT2D eigenvalue weighted by Gasteiger charge is 2.32. The molecule has 0 unspecified atom stereocenters. The third-order valence-electron chi connectivity index (χ3n) is 4.18. The number of thioether (sulfide) groups is 2. The molecular weight excluding hydrogens is 374 g/mol. The predicted octanol–water partition coefficient (Wildman–Crippen LogP) is 5.39. The monoisotopic (exact) mass is 399 g/mol. The molecule has 0 aromatic heterocycles. The molecule has 1 aliphatic heterocycles. The quantitative estimate of drug-likeness (QED) is 0.406. The van der Waals surface area contributed by atoms with Gasteiger partial charge in [0.25, 0.3) is 11.4 Å². The van der Waals surface area contributed by atoms with Crippen LogP contribution in [-0.2, 0) is 0 Å². The molecule has 1 aliphatic rings. The van der Waals surface area contributed by atoms with Crippen LogP contribution >= 0.6 is 23.5 Å². The van der Waals surface area contributed by atoms with Gasteiger partial charge in [-0.05, 0) is 36.3 Å². The number of anilines is 1. The van der Waals surface area contributed by atoms with Gasteiger partial charge in [-0.2, -0.15) is 0 Å². The molecule has 1 heterocycles. The van der Waals surface area contributed by atoms with Crippen LogP contribution in [0.1, 0.15) is 49.7 Å². The zero-order valence-corrected chi connectivity index (χ0v) is 16.8. The van der Waals surface area contributed by atoms with E-state index in [0.29, 0.717) is 18.7 Å². The average Bonchev–Trinajstić information content (AvgIpc) is 2.64. The van der Waals surface area contributed by atoms with E-state index in [2.05, 4.69) is 0 Å². The van der Waals surface area contributed by atoms with E-state index >= 15 is 0 Å². The van der Waals surface area contributed by atoms with E-state index < -0.39 is 9.85 Å². The SMILES string of the molecule is CCCCN(CCC)c1c([N+](=O)[O-])cc(C2SCCCS2)cc1[N+](=O)[O-]. The normalized spacial score (nSPS) is 15.0. The second-order valence-corrected chi connectivity index (χ2v) is 8.91. The second-order valence-electron chi connectivity index (χ2n) is 6.19. The number of nitro benzene ring substituents is 2. The number of hydrogen-bond donors (Lipinski definition) is 0. The fourth-order valence-electron chi connectivity index (χ4n) is 3.00. The molecule has 2 rings (SSSR count). The van der Waals surface area contributed by atoms with Gasteiger partial charge in [0.1, 0.15) is 0 Å². The molecule has 0 radical (unpaired) electrons. The van der Waals surface area contributed by atoms with Crippen LogP contribution in [0.25, 0.3) is 0 Å². The molecule has 0 aliphatic carbocycles. The van der Waals surface area contributed by atoms with Crippen LogP contribution in [0.3, 0.4) is 0 Å². The average molecular weight is 400 g/mol. The molecule has 0 spiro atoms. The van der Waals surface area contributed by atoms with Crippen molar-refractivity contribution in [2.45, 2.75) is 44.1 Å². The fraction of sp³-hybridized carbons (Fsp3) is 0.647. The Labute approximate surface area is 162 Å². The first-order valence-electron chi connectivity index (χ1n) is 8.94. The van der Waals surface area contributed by atoms with E-state index in [1.165, 1.54) is 0 Å². The Hall–Kier alpha value is -1.48. The molecule has 1 fully saturated rings. The Morgan fingerprint density at radius 1 is 1.04 bits per heavy atom. The van der Waals surface area contributed by atoms with Crippen LogP contribution in [-0.4, -0.2) is 34.4 Å². The van der Waals surface area contributed by atoms with Crippen molar-refractivity contribution in [3.05, 3.63) is 37.9 Å². The maximum atomic E-state index is 11.8. The van der Waals surface area contributed by atoms with Crippen LogP contribution in [0.2, 0.25) is 0 Å². The Kier molecular flexibility index (Phi) is 8.02. The molecule has 7 nitrogen and oxygen atoms in total. The van der Waals surface area contributed by atoms with Gasteiger partial charge in [-0.1, -0.05) is 20.3 Å². The van der Waals surface area contributed by atoms with Gasteiger partial charge in [0.2, 0.25) is 0 Å². The van der Waals surface area contributed by atoms with Crippen molar-refractivity contribution >= 4 is 40.6 Å². The lowest BCUT2D eigenvalue weighted by atomic mass is 10.1. The number of hydrogen-bond acceptors (Lipinski definition) is 7. The van der Waals surface area contributed by atoms with Crippen molar-refractivity contribution in [2.24, 2.45) is 0 Å². The van der Waals surface area contributed by atoms with Gasteiger partial charge in [0.05, 0.1) is 14.4 Å². The first-order valence-corrected chi connectivity index (χ1v) is 11.0. The molecule has 1 aromatic carbocycles. The zero-order chi connectivity index (χ0) is 19.1. The number of rotatable bonds is 9. The van der Waals surface area contributed by atoms with Gasteiger partial charge in [0, 0.05) is 25.2 Å². The molecular formula is C17H25N3O4S2. The summed E-state index contributed by atoms with van der Waals surface area (Å²) in [6.45, 7) is 5.15. The third-order valence-corrected chi connectivity index (χ3v) is 7.19. The summed E-state index contributed by atoms with van der Waals surface area (Å²) in [6.07, 6.45) is 3.63. The smallest absolute Gasteiger partial charge is 0.300 e. The van der Waals surface area contributed by atoms with E-state index in [9.17, 15) is 20.2 Å². The summed E-state index contributed by atoms with van der Waals surface area (Å²) < 4.78 is 0.0190. The standard InChI is InChI=1S/C17H25N3O4S2/c1-3-5-8-18(7-4-2)16-14(19(21)22)11-13(12-15(16)20(23)24)17-25-9-6-10-26-17/h11-12,17H,3-10H2,1-2H3. The van der Waals surface area contributed by atoms with Crippen LogP contribution in [0.5, 0.6) is 0 Å². The maximum absolute atomic E-state index is 11.8. The number of nitro groups is 2. The second kappa shape index (κ2) is 10.0. The summed E-state index contributed by atoms with van der Waals surface area (Å²) in [5.74, 6) is 1.94. The molecule has 9 heteroatoms. The molecule has 0 atom stereocenters. The highest BCUT2D eigenvalue weighted by molar-refractivity contribution is 8.16. The predicted molar refractivity (Wildman–Crippen MR) is 109 cm³/mol. The fourth-order valence-corrected chi connectivity index (χ4v) is 5.85. The highest BCUT2D eigenvalue weighted by Crippen LogP contribution is 2.48. The van der Waals surface area contributed by atoms with E-state index in [-0.39, 0.29) is 21.6 Å². The Balaban J connectivity index is 2.56. The molecule has 1 saturated heterocycles. The Morgan fingerprint density at radius 3 is 2.08 bits per heavy atom. The van der Waals surface area contributed by atoms with E-state index in [4.69, 9.17) is 0 Å². The number of benzene rings is 1. The third kappa shape index (κ3) is 5.03. The van der Waals surface area contributed by atoms with Gasteiger partial charge in [0.15, 0.2) is 5.69 Å². The first-order chi connectivity index (χ1) is 12.5. The largest absolute Gasteiger partial charge is 0.360 e. The van der Waals surface area contributed by atoms with Gasteiger partial charge in [-0.25, -0.2) is 0 Å². The number of nitrogens with zero attached hydrogens (tertiary/aromatic N) is 3. The lowest BCUT2D eigenvalue weighted by Gasteiger charge is -2.25. The van der Waals surface area contributed by atoms with E-state index in [1.54, 1.807) is 35.7 Å². The minimum Gasteiger partial charge on any atom is -0.360 e. The van der Waals surface area contributed by atoms with Crippen LogP contribution in [0, 0.1) is 20.2 Å². The summed E-state index contributed by atoms with van der Waals surface area (Å²) in [5.41, 5.74) is 0.537. The minimum atomic E-state index is -0.474. The zero-order valence-electron chi connectivity index (χ0n) is 15.2. The molecule has 0 bridgehead atoms. The van der Waals surface area contributed by atoms with Crippen molar-refractivity contribution in [1.82, 2.24) is 0 Å². The van der Waals surface area contributed by atoms with E-state index in [0.717, 1.165) is 37.2 Å². The summed E-state index contributed by atoms with van der Waals surface area (Å²) in [7, 11) is 0. The van der Waals surface area contributed by atoms with Crippen molar-refractivity contribution in [1.29, 1.82) is 0 Å². The molecule has 0 amide bonds. The lowest BCUT2D eigenvalue weighted by Crippen LogP contribution is -2.27. The summed E-state index contributed by atoms with van der Waals surface area (Å²) in [5, 5.41) is 23.5. The topological polar surface area (TPSA) is 89.5 Å². The molecule has 1 aromatic rings. The van der Waals surface area contributed by atoms with Crippen LogP contribution < -0.4 is 4.90 Å². The molecule has 0 saturated carbocycles. The summed E-state index contributed by atoms with van der Waals surface area (Å²) in [6, 6.07) is 3.10.